The van der Waals surface area contributed by atoms with Crippen LogP contribution in [0.25, 0.3) is 0 Å². The largest absolute Gasteiger partial charge is 0.477 e. The van der Waals surface area contributed by atoms with Gasteiger partial charge in [0.15, 0.2) is 13.3 Å². The topological polar surface area (TPSA) is 108 Å². The van der Waals surface area contributed by atoms with Crippen molar-refractivity contribution in [1.29, 1.82) is 0 Å². The van der Waals surface area contributed by atoms with E-state index in [0.717, 1.165) is 0 Å². The molecular weight excluding hydrogens is 305 g/mol. The van der Waals surface area contributed by atoms with E-state index in [4.69, 9.17) is 0 Å². The van der Waals surface area contributed by atoms with Gasteiger partial charge in [-0.15, -0.1) is 0 Å². The van der Waals surface area contributed by atoms with Gasteiger partial charge in [-0.25, -0.2) is 18.7 Å². The average Bonchev–Trinajstić information content (AvgIpc) is 2.33. The second-order valence-electron chi connectivity index (χ2n) is 5.14. The molecule has 0 aromatic rings. The van der Waals surface area contributed by atoms with Crippen LogP contribution in [0, 0.1) is 0 Å². The van der Waals surface area contributed by atoms with Crippen molar-refractivity contribution in [3.8, 4) is 0 Å². The molecule has 1 atom stereocenters. The van der Waals surface area contributed by atoms with E-state index in [1.54, 1.807) is 21.1 Å². The van der Waals surface area contributed by atoms with Crippen molar-refractivity contribution in [2.45, 2.75) is 6.92 Å². The third kappa shape index (κ3) is 11.1. The normalized spacial score (nSPS) is 14.1. The molecule has 0 spiro atoms. The van der Waals surface area contributed by atoms with Crippen molar-refractivity contribution >= 4 is 19.8 Å². The summed E-state index contributed by atoms with van der Waals surface area (Å²) in [4.78, 5) is 31.5. The number of carbonyl (C=O) groups excluding carboxylic acids is 2. The smallest absolute Gasteiger partial charge is 0.426 e. The van der Waals surface area contributed by atoms with Crippen LogP contribution in [-0.4, -0.2) is 62.6 Å². The summed E-state index contributed by atoms with van der Waals surface area (Å²) in [5, 5.41) is 0. The van der Waals surface area contributed by atoms with Crippen molar-refractivity contribution in [2.24, 2.45) is 0 Å². The zero-order chi connectivity index (χ0) is 16.7. The van der Waals surface area contributed by atoms with Gasteiger partial charge >= 0.3 is 19.8 Å². The minimum Gasteiger partial charge on any atom is -0.426 e. The molecule has 0 saturated carbocycles. The molecule has 0 rings (SSSR count). The molecule has 0 aromatic heterocycles. The molecule has 0 radical (unpaired) electrons. The maximum atomic E-state index is 11.4. The van der Waals surface area contributed by atoms with Crippen molar-refractivity contribution in [3.05, 3.63) is 12.2 Å². The fraction of sp³-hybridized carbons (Fsp3) is 0.636. The number of hydrogen-bond donors (Lipinski definition) is 1. The molecule has 0 aliphatic carbocycles. The van der Waals surface area contributed by atoms with E-state index in [1.807, 2.05) is 0 Å². The van der Waals surface area contributed by atoms with Crippen LogP contribution in [0.2, 0.25) is 0 Å². The van der Waals surface area contributed by atoms with Crippen LogP contribution >= 0.6 is 7.82 Å². The first-order valence-corrected chi connectivity index (χ1v) is 7.33. The van der Waals surface area contributed by atoms with E-state index in [9.17, 15) is 19.0 Å². The highest BCUT2D eigenvalue weighted by atomic mass is 31.2. The van der Waals surface area contributed by atoms with E-state index >= 15 is 0 Å². The lowest BCUT2D eigenvalue weighted by atomic mass is 10.4. The van der Waals surface area contributed by atoms with E-state index in [0.29, 0.717) is 0 Å². The standard InChI is InChI=1S/C11H20NO8P/c1-9(2)11(14)18-8-17-10(13)6-19-21(15,16)20-7-12(3,4)5/h1,6-8H2,2-5H3/p+1. The lowest BCUT2D eigenvalue weighted by Gasteiger charge is -2.24. The number of hydrogen-bond acceptors (Lipinski definition) is 7. The van der Waals surface area contributed by atoms with Crippen LogP contribution in [0.5, 0.6) is 0 Å². The van der Waals surface area contributed by atoms with Gasteiger partial charge in [0.05, 0.1) is 21.1 Å². The molecular formula is C11H21NO8P+. The lowest BCUT2D eigenvalue weighted by Crippen LogP contribution is -2.36. The molecule has 0 saturated heterocycles. The van der Waals surface area contributed by atoms with Crippen molar-refractivity contribution < 1.29 is 42.1 Å². The Hall–Kier alpha value is -1.25. The van der Waals surface area contributed by atoms with Crippen molar-refractivity contribution in [3.63, 3.8) is 0 Å². The maximum absolute atomic E-state index is 11.4. The lowest BCUT2D eigenvalue weighted by molar-refractivity contribution is -0.887. The average molecular weight is 326 g/mol. The molecule has 1 unspecified atom stereocenters. The third-order valence-corrected chi connectivity index (χ3v) is 2.61. The minimum absolute atomic E-state index is 0.0843. The third-order valence-electron chi connectivity index (χ3n) is 1.71. The number of carbonyl (C=O) groups is 2. The summed E-state index contributed by atoms with van der Waals surface area (Å²) in [6.07, 6.45) is 0. The van der Waals surface area contributed by atoms with Gasteiger partial charge in [-0.1, -0.05) is 6.58 Å². The summed E-state index contributed by atoms with van der Waals surface area (Å²) in [5.41, 5.74) is 0.149. The summed E-state index contributed by atoms with van der Waals surface area (Å²) < 4.78 is 29.8. The summed E-state index contributed by atoms with van der Waals surface area (Å²) >= 11 is 0. The van der Waals surface area contributed by atoms with Crippen LogP contribution in [0.4, 0.5) is 0 Å². The van der Waals surface area contributed by atoms with Gasteiger partial charge in [0, 0.05) is 5.57 Å². The Balaban J connectivity index is 3.99. The van der Waals surface area contributed by atoms with Gasteiger partial charge < -0.3 is 18.9 Å². The summed E-state index contributed by atoms with van der Waals surface area (Å²) in [6, 6.07) is 0. The van der Waals surface area contributed by atoms with Crippen LogP contribution < -0.4 is 0 Å². The molecule has 10 heteroatoms. The Morgan fingerprint density at radius 2 is 1.76 bits per heavy atom. The predicted molar refractivity (Wildman–Crippen MR) is 71.6 cm³/mol. The number of phosphoric acid groups is 1. The Labute approximate surface area is 123 Å². The zero-order valence-corrected chi connectivity index (χ0v) is 13.4. The number of ether oxygens (including phenoxy) is 2. The number of esters is 2. The number of rotatable bonds is 9. The van der Waals surface area contributed by atoms with Gasteiger partial charge in [-0.2, -0.15) is 0 Å². The highest BCUT2D eigenvalue weighted by Gasteiger charge is 2.26. The summed E-state index contributed by atoms with van der Waals surface area (Å²) in [7, 11) is 0.873. The number of phosphoric ester groups is 1. The summed E-state index contributed by atoms with van der Waals surface area (Å²) in [6.45, 7) is 3.24. The molecule has 9 nitrogen and oxygen atoms in total. The molecule has 0 bridgehead atoms. The van der Waals surface area contributed by atoms with E-state index in [1.165, 1.54) is 6.92 Å². The second-order valence-corrected chi connectivity index (χ2v) is 6.59. The fourth-order valence-electron chi connectivity index (χ4n) is 0.731. The second kappa shape index (κ2) is 8.26. The van der Waals surface area contributed by atoms with Crippen LogP contribution in [0.15, 0.2) is 12.2 Å². The fourth-order valence-corrected chi connectivity index (χ4v) is 1.57. The molecule has 122 valence electrons. The van der Waals surface area contributed by atoms with Gasteiger partial charge in [-0.3, -0.25) is 4.52 Å². The number of quaternary nitrogens is 1. The Morgan fingerprint density at radius 3 is 2.24 bits per heavy atom. The molecule has 0 aliphatic rings. The maximum Gasteiger partial charge on any atom is 0.477 e. The van der Waals surface area contributed by atoms with Crippen LogP contribution in [0.1, 0.15) is 6.92 Å². The summed E-state index contributed by atoms with van der Waals surface area (Å²) in [5.74, 6) is -1.70. The van der Waals surface area contributed by atoms with Crippen LogP contribution in [-0.2, 0) is 32.7 Å². The van der Waals surface area contributed by atoms with Gasteiger partial charge in [0.1, 0.15) is 0 Å². The Morgan fingerprint density at radius 1 is 1.19 bits per heavy atom. The quantitative estimate of drug-likeness (QED) is 0.213. The zero-order valence-electron chi connectivity index (χ0n) is 12.5. The molecule has 0 amide bonds. The van der Waals surface area contributed by atoms with Gasteiger partial charge in [0.25, 0.3) is 0 Å². The molecule has 1 N–H and O–H groups in total. The Kier molecular flexibility index (Phi) is 7.76. The predicted octanol–water partition coefficient (Wildman–Crippen LogP) is 0.404. The highest BCUT2D eigenvalue weighted by Crippen LogP contribution is 2.43. The SMILES string of the molecule is C=C(C)C(=O)OCOC(=O)COP(=O)(O)OC[N+](C)(C)C. The van der Waals surface area contributed by atoms with Crippen LogP contribution in [0.3, 0.4) is 0 Å². The first kappa shape index (κ1) is 19.8. The van der Waals surface area contributed by atoms with E-state index in [-0.39, 0.29) is 16.8 Å². The molecule has 0 aromatic carbocycles. The number of nitrogens with zero attached hydrogens (tertiary/aromatic N) is 1. The van der Waals surface area contributed by atoms with Crippen molar-refractivity contribution in [1.82, 2.24) is 0 Å². The molecule has 0 fully saturated rings. The molecule has 0 aliphatic heterocycles. The first-order chi connectivity index (χ1) is 9.43. The monoisotopic (exact) mass is 326 g/mol. The van der Waals surface area contributed by atoms with Gasteiger partial charge in [-0.05, 0) is 6.92 Å². The Bertz CT molecular complexity index is 442. The van der Waals surface area contributed by atoms with E-state index in [2.05, 4.69) is 25.1 Å². The highest BCUT2D eigenvalue weighted by molar-refractivity contribution is 7.47. The molecule has 0 heterocycles. The van der Waals surface area contributed by atoms with E-state index < -0.39 is 33.2 Å². The van der Waals surface area contributed by atoms with Gasteiger partial charge in [0.2, 0.25) is 6.79 Å². The first-order valence-electron chi connectivity index (χ1n) is 5.83. The molecule has 21 heavy (non-hydrogen) atoms. The van der Waals surface area contributed by atoms with Crippen molar-refractivity contribution in [2.75, 3.05) is 41.3 Å². The minimum atomic E-state index is -4.35.